The summed E-state index contributed by atoms with van der Waals surface area (Å²) >= 11 is 0. The highest BCUT2D eigenvalue weighted by Gasteiger charge is 2.19. The minimum Gasteiger partial charge on any atom is -0.478 e. The van der Waals surface area contributed by atoms with E-state index in [4.69, 9.17) is 5.11 Å². The summed E-state index contributed by atoms with van der Waals surface area (Å²) in [5.41, 5.74) is 0.866. The SMILES string of the molecule is Cc1ccc(C(=O)O)cc1NS(=O)(=O)c1ccnn1C. The van der Waals surface area contributed by atoms with Crippen LogP contribution in [0.1, 0.15) is 15.9 Å². The Hall–Kier alpha value is -2.35. The molecule has 106 valence electrons. The molecule has 2 aromatic rings. The Kier molecular flexibility index (Phi) is 3.49. The summed E-state index contributed by atoms with van der Waals surface area (Å²) in [6.07, 6.45) is 1.37. The van der Waals surface area contributed by atoms with Gasteiger partial charge >= 0.3 is 5.97 Å². The largest absolute Gasteiger partial charge is 0.478 e. The molecule has 0 aliphatic heterocycles. The van der Waals surface area contributed by atoms with Crippen molar-refractivity contribution in [3.05, 3.63) is 41.6 Å². The van der Waals surface area contributed by atoms with Crippen LogP contribution in [0.4, 0.5) is 5.69 Å². The number of aromatic carboxylic acids is 1. The lowest BCUT2D eigenvalue weighted by molar-refractivity contribution is 0.0697. The van der Waals surface area contributed by atoms with Gasteiger partial charge in [0.15, 0.2) is 5.03 Å². The number of hydrogen-bond acceptors (Lipinski definition) is 4. The number of nitrogens with zero attached hydrogens (tertiary/aromatic N) is 2. The van der Waals surface area contributed by atoms with Crippen molar-refractivity contribution in [1.82, 2.24) is 9.78 Å². The Morgan fingerprint density at radius 2 is 2.05 bits per heavy atom. The molecule has 1 aromatic carbocycles. The fourth-order valence-corrected chi connectivity index (χ4v) is 2.94. The predicted octanol–water partition coefficient (Wildman–Crippen LogP) is 1.23. The maximum atomic E-state index is 12.2. The molecular weight excluding hydrogens is 282 g/mol. The van der Waals surface area contributed by atoms with E-state index >= 15 is 0 Å². The average Bonchev–Trinajstić information content (AvgIpc) is 2.78. The molecule has 0 saturated heterocycles. The first-order chi connectivity index (χ1) is 9.31. The molecule has 0 saturated carbocycles. The summed E-state index contributed by atoms with van der Waals surface area (Å²) in [4.78, 5) is 10.9. The molecule has 7 nitrogen and oxygen atoms in total. The number of aromatic nitrogens is 2. The second-order valence-corrected chi connectivity index (χ2v) is 5.86. The Balaban J connectivity index is 2.42. The van der Waals surface area contributed by atoms with Crippen LogP contribution < -0.4 is 4.72 Å². The van der Waals surface area contributed by atoms with Crippen LogP contribution in [0.2, 0.25) is 0 Å². The topological polar surface area (TPSA) is 101 Å². The third-order valence-corrected chi connectivity index (χ3v) is 4.22. The van der Waals surface area contributed by atoms with Gasteiger partial charge in [-0.1, -0.05) is 6.07 Å². The normalized spacial score (nSPS) is 11.3. The number of anilines is 1. The van der Waals surface area contributed by atoms with E-state index in [1.807, 2.05) is 0 Å². The van der Waals surface area contributed by atoms with Crippen LogP contribution in [0, 0.1) is 6.92 Å². The van der Waals surface area contributed by atoms with Gasteiger partial charge < -0.3 is 5.11 Å². The molecule has 20 heavy (non-hydrogen) atoms. The maximum absolute atomic E-state index is 12.2. The van der Waals surface area contributed by atoms with Crippen molar-refractivity contribution in [2.75, 3.05) is 4.72 Å². The first kappa shape index (κ1) is 14.1. The van der Waals surface area contributed by atoms with E-state index in [2.05, 4.69) is 9.82 Å². The summed E-state index contributed by atoms with van der Waals surface area (Å²) in [6, 6.07) is 5.61. The summed E-state index contributed by atoms with van der Waals surface area (Å²) < 4.78 is 28.0. The molecule has 8 heteroatoms. The predicted molar refractivity (Wildman–Crippen MR) is 72.2 cm³/mol. The highest BCUT2D eigenvalue weighted by atomic mass is 32.2. The van der Waals surface area contributed by atoms with E-state index in [9.17, 15) is 13.2 Å². The van der Waals surface area contributed by atoms with Gasteiger partial charge in [0.25, 0.3) is 10.0 Å². The van der Waals surface area contributed by atoms with Crippen LogP contribution >= 0.6 is 0 Å². The van der Waals surface area contributed by atoms with Crippen molar-refractivity contribution >= 4 is 21.7 Å². The standard InChI is InChI=1S/C12H13N3O4S/c1-8-3-4-9(12(16)17)7-10(8)14-20(18,19)11-5-6-13-15(11)2/h3-7,14H,1-2H3,(H,16,17). The lowest BCUT2D eigenvalue weighted by Crippen LogP contribution is -2.17. The van der Waals surface area contributed by atoms with Crippen molar-refractivity contribution < 1.29 is 18.3 Å². The van der Waals surface area contributed by atoms with E-state index in [0.29, 0.717) is 5.56 Å². The molecule has 0 radical (unpaired) electrons. The molecule has 0 spiro atoms. The van der Waals surface area contributed by atoms with Crippen molar-refractivity contribution in [2.24, 2.45) is 7.05 Å². The molecule has 2 rings (SSSR count). The van der Waals surface area contributed by atoms with Gasteiger partial charge in [0.1, 0.15) is 0 Å². The van der Waals surface area contributed by atoms with Crippen LogP contribution in [0.5, 0.6) is 0 Å². The third kappa shape index (κ3) is 2.64. The average molecular weight is 295 g/mol. The van der Waals surface area contributed by atoms with Crippen molar-refractivity contribution in [3.8, 4) is 0 Å². The minimum atomic E-state index is -3.81. The second-order valence-electron chi connectivity index (χ2n) is 4.23. The second kappa shape index (κ2) is 4.97. The smallest absolute Gasteiger partial charge is 0.335 e. The Morgan fingerprint density at radius 1 is 1.35 bits per heavy atom. The van der Waals surface area contributed by atoms with Gasteiger partial charge in [-0.05, 0) is 30.7 Å². The van der Waals surface area contributed by atoms with Crippen LogP contribution in [0.3, 0.4) is 0 Å². The fraction of sp³-hybridized carbons (Fsp3) is 0.167. The summed E-state index contributed by atoms with van der Waals surface area (Å²) in [6.45, 7) is 1.69. The molecule has 0 amide bonds. The number of hydrogen-bond donors (Lipinski definition) is 2. The molecular formula is C12H13N3O4S. The summed E-state index contributed by atoms with van der Waals surface area (Å²) in [5, 5.41) is 12.7. The lowest BCUT2D eigenvalue weighted by Gasteiger charge is -2.11. The minimum absolute atomic E-state index is 0.00220. The number of benzene rings is 1. The zero-order valence-corrected chi connectivity index (χ0v) is 11.7. The number of nitrogens with one attached hydrogen (secondary N) is 1. The number of sulfonamides is 1. The van der Waals surface area contributed by atoms with Gasteiger partial charge in [-0.2, -0.15) is 13.5 Å². The first-order valence-corrected chi connectivity index (χ1v) is 7.14. The molecule has 0 atom stereocenters. The van der Waals surface area contributed by atoms with E-state index in [-0.39, 0.29) is 16.3 Å². The molecule has 0 bridgehead atoms. The van der Waals surface area contributed by atoms with E-state index in [1.54, 1.807) is 13.0 Å². The molecule has 1 aromatic heterocycles. The number of carbonyl (C=O) groups is 1. The van der Waals surface area contributed by atoms with E-state index in [0.717, 1.165) is 0 Å². The Labute approximate surface area is 115 Å². The highest BCUT2D eigenvalue weighted by molar-refractivity contribution is 7.92. The van der Waals surface area contributed by atoms with Crippen LogP contribution in [0.25, 0.3) is 0 Å². The van der Waals surface area contributed by atoms with Gasteiger partial charge in [0.05, 0.1) is 17.4 Å². The van der Waals surface area contributed by atoms with Gasteiger partial charge in [0.2, 0.25) is 0 Å². The van der Waals surface area contributed by atoms with Crippen molar-refractivity contribution in [2.45, 2.75) is 11.9 Å². The first-order valence-electron chi connectivity index (χ1n) is 5.66. The molecule has 0 aliphatic rings. The summed E-state index contributed by atoms with van der Waals surface area (Å²) in [5.74, 6) is -1.12. The zero-order valence-electron chi connectivity index (χ0n) is 10.9. The molecule has 1 heterocycles. The summed E-state index contributed by atoms with van der Waals surface area (Å²) in [7, 11) is -2.30. The van der Waals surface area contributed by atoms with E-state index < -0.39 is 16.0 Å². The molecule has 2 N–H and O–H groups in total. The van der Waals surface area contributed by atoms with Crippen LogP contribution in [-0.2, 0) is 17.1 Å². The number of carboxylic acid groups (broad SMARTS) is 1. The lowest BCUT2D eigenvalue weighted by atomic mass is 10.1. The van der Waals surface area contributed by atoms with Crippen LogP contribution in [-0.4, -0.2) is 29.3 Å². The third-order valence-electron chi connectivity index (χ3n) is 2.78. The van der Waals surface area contributed by atoms with Crippen molar-refractivity contribution in [3.63, 3.8) is 0 Å². The zero-order chi connectivity index (χ0) is 14.9. The number of aryl methyl sites for hydroxylation is 2. The highest BCUT2D eigenvalue weighted by Crippen LogP contribution is 2.21. The fourth-order valence-electron chi connectivity index (χ4n) is 1.69. The van der Waals surface area contributed by atoms with E-state index in [1.165, 1.54) is 36.1 Å². The molecule has 0 unspecified atom stereocenters. The maximum Gasteiger partial charge on any atom is 0.335 e. The van der Waals surface area contributed by atoms with Gasteiger partial charge in [-0.3, -0.25) is 9.40 Å². The Morgan fingerprint density at radius 3 is 2.60 bits per heavy atom. The molecule has 0 fully saturated rings. The van der Waals surface area contributed by atoms with Crippen molar-refractivity contribution in [1.29, 1.82) is 0 Å². The van der Waals surface area contributed by atoms with Gasteiger partial charge in [0, 0.05) is 7.05 Å². The monoisotopic (exact) mass is 295 g/mol. The van der Waals surface area contributed by atoms with Gasteiger partial charge in [-0.25, -0.2) is 4.79 Å². The Bertz CT molecular complexity index is 765. The number of carboxylic acids is 1. The number of rotatable bonds is 4. The van der Waals surface area contributed by atoms with Gasteiger partial charge in [-0.15, -0.1) is 0 Å². The quantitative estimate of drug-likeness (QED) is 0.883. The van der Waals surface area contributed by atoms with Crippen LogP contribution in [0.15, 0.2) is 35.5 Å². The molecule has 0 aliphatic carbocycles.